The van der Waals surface area contributed by atoms with Crippen LogP contribution in [0, 0.1) is 34.5 Å². The van der Waals surface area contributed by atoms with Gasteiger partial charge in [0, 0.05) is 41.6 Å². The molecule has 0 amide bonds. The van der Waals surface area contributed by atoms with E-state index in [-0.39, 0.29) is 22.7 Å². The molecule has 4 saturated carbocycles. The van der Waals surface area contributed by atoms with Crippen molar-refractivity contribution in [2.75, 3.05) is 18.1 Å². The second-order valence-corrected chi connectivity index (χ2v) is 17.6. The number of halogens is 5. The molecular weight excluding hydrogens is 647 g/mol. The molecule has 272 valence electrons. The Bertz CT molecular complexity index is 1250. The van der Waals surface area contributed by atoms with Gasteiger partial charge < -0.3 is 9.84 Å². The lowest BCUT2D eigenvalue weighted by Gasteiger charge is -2.62. The van der Waals surface area contributed by atoms with Gasteiger partial charge in [-0.25, -0.2) is 0 Å². The topological polar surface area (TPSA) is 63.6 Å². The van der Waals surface area contributed by atoms with Crippen molar-refractivity contribution >= 4 is 16.6 Å². The molecule has 0 aromatic heterocycles. The van der Waals surface area contributed by atoms with Gasteiger partial charge in [-0.1, -0.05) is 51.7 Å². The van der Waals surface area contributed by atoms with Crippen molar-refractivity contribution in [3.8, 4) is 5.75 Å². The van der Waals surface area contributed by atoms with Crippen LogP contribution < -0.4 is 4.74 Å². The predicted octanol–water partition coefficient (Wildman–Crippen LogP) is 9.80. The van der Waals surface area contributed by atoms with Gasteiger partial charge in [0.2, 0.25) is 0 Å². The normalized spacial score (nSPS) is 34.3. The third kappa shape index (κ3) is 8.15. The number of benzene rings is 1. The maximum Gasteiger partial charge on any atom is 0.453 e. The number of aliphatic hydroxyl groups excluding tert-OH is 1. The highest BCUT2D eigenvalue weighted by atomic mass is 32.2. The third-order valence-corrected chi connectivity index (χ3v) is 14.5. The molecule has 1 N–H and O–H groups in total. The molecule has 1 aromatic carbocycles. The second-order valence-electron chi connectivity index (χ2n) is 15.9. The lowest BCUT2D eigenvalue weighted by molar-refractivity contribution is -0.284. The highest BCUT2D eigenvalue weighted by molar-refractivity contribution is 7.84. The Morgan fingerprint density at radius 3 is 2.25 bits per heavy atom. The molecule has 4 nitrogen and oxygen atoms in total. The number of ether oxygens (including phenoxy) is 1. The van der Waals surface area contributed by atoms with Crippen LogP contribution in [0.15, 0.2) is 24.3 Å². The SMILES string of the molecule is C[C@]12CCC(=O)C[C@@H]1CC[C@@H]1[C@@H]2[C@@H](c2ccc(OCCCCCCCCS(=O)CCCC(F)(F)C(F)(F)F)cc2)C[C@]2(C)[C@@H](O)CC[C@@H]12. The summed E-state index contributed by atoms with van der Waals surface area (Å²) in [6.07, 6.45) is 5.55. The number of aliphatic hydroxyl groups is 1. The molecule has 10 heteroatoms. The summed E-state index contributed by atoms with van der Waals surface area (Å²) < 4.78 is 80.7. The van der Waals surface area contributed by atoms with Gasteiger partial charge in [0.05, 0.1) is 12.7 Å². The molecule has 4 fully saturated rings. The molecular formula is C38H55F5O4S. The minimum atomic E-state index is -5.55. The van der Waals surface area contributed by atoms with E-state index in [9.17, 15) is 36.1 Å². The van der Waals surface area contributed by atoms with Crippen LogP contribution in [0.25, 0.3) is 0 Å². The molecule has 4 aliphatic carbocycles. The van der Waals surface area contributed by atoms with Gasteiger partial charge in [0.15, 0.2) is 0 Å². The highest BCUT2D eigenvalue weighted by Gasteiger charge is 2.63. The van der Waals surface area contributed by atoms with Gasteiger partial charge >= 0.3 is 12.1 Å². The third-order valence-electron chi connectivity index (χ3n) is 13.0. The van der Waals surface area contributed by atoms with E-state index >= 15 is 0 Å². The molecule has 0 radical (unpaired) electrons. The summed E-state index contributed by atoms with van der Waals surface area (Å²) in [4.78, 5) is 12.5. The molecule has 5 rings (SSSR count). The number of alkyl halides is 5. The van der Waals surface area contributed by atoms with Gasteiger partial charge in [-0.3, -0.25) is 9.00 Å². The van der Waals surface area contributed by atoms with E-state index in [4.69, 9.17) is 4.74 Å². The molecule has 0 saturated heterocycles. The number of Topliss-reactive ketones (excluding diaryl/α,β-unsaturated/α-hetero) is 1. The first-order chi connectivity index (χ1) is 22.7. The lowest BCUT2D eigenvalue weighted by Crippen LogP contribution is -2.56. The summed E-state index contributed by atoms with van der Waals surface area (Å²) in [5.41, 5.74) is 1.42. The fraction of sp³-hybridized carbons (Fsp3) is 0.816. The zero-order valence-corrected chi connectivity index (χ0v) is 29.5. The smallest absolute Gasteiger partial charge is 0.453 e. The molecule has 0 bridgehead atoms. The number of carbonyl (C=O) groups excluding carboxylic acids is 1. The summed E-state index contributed by atoms with van der Waals surface area (Å²) in [7, 11) is -1.37. The van der Waals surface area contributed by atoms with Gasteiger partial charge in [-0.05, 0) is 116 Å². The van der Waals surface area contributed by atoms with Gasteiger partial charge in [0.1, 0.15) is 11.5 Å². The standard InChI is InChI=1S/C38H55F5O4S/c1-35-20-18-28(44)24-27(35)12-15-30-32-16-17-33(45)36(32,2)25-31(34(30)35)26-10-13-29(14-11-26)47-21-7-5-3-4-6-8-22-48(46)23-9-19-37(39,40)38(41,42)43/h10-11,13-14,27,30-34,45H,3-9,12,15-25H2,1-2H3/t27-,30-,31+,32-,33-,34+,35-,36-,48?/m0/s1. The summed E-state index contributed by atoms with van der Waals surface area (Å²) >= 11 is 0. The second kappa shape index (κ2) is 15.4. The molecule has 0 aliphatic heterocycles. The Balaban J connectivity index is 1.04. The van der Waals surface area contributed by atoms with Crippen LogP contribution in [0.4, 0.5) is 22.0 Å². The van der Waals surface area contributed by atoms with Gasteiger partial charge in [-0.15, -0.1) is 0 Å². The highest BCUT2D eigenvalue weighted by Crippen LogP contribution is 2.69. The van der Waals surface area contributed by atoms with E-state index in [0.29, 0.717) is 60.6 Å². The number of ketones is 1. The summed E-state index contributed by atoms with van der Waals surface area (Å²) in [6.45, 7) is 5.41. The van der Waals surface area contributed by atoms with E-state index in [1.54, 1.807) is 0 Å². The first-order valence-corrected chi connectivity index (χ1v) is 19.9. The Hall–Kier alpha value is -1.55. The zero-order chi connectivity index (χ0) is 34.7. The minimum absolute atomic E-state index is 0.0637. The average Bonchev–Trinajstić information content (AvgIpc) is 3.33. The molecule has 4 aliphatic rings. The van der Waals surface area contributed by atoms with Crippen molar-refractivity contribution in [2.24, 2.45) is 34.5 Å². The lowest BCUT2D eigenvalue weighted by atomic mass is 9.42. The number of carbonyl (C=O) groups is 1. The Morgan fingerprint density at radius 1 is 0.875 bits per heavy atom. The fourth-order valence-corrected chi connectivity index (χ4v) is 11.5. The van der Waals surface area contributed by atoms with Crippen molar-refractivity contribution in [1.82, 2.24) is 0 Å². The van der Waals surface area contributed by atoms with Crippen LogP contribution in [0.5, 0.6) is 5.75 Å². The Labute approximate surface area is 285 Å². The first-order valence-electron chi connectivity index (χ1n) is 18.4. The fourth-order valence-electron chi connectivity index (χ4n) is 10.3. The summed E-state index contributed by atoms with van der Waals surface area (Å²) in [5, 5.41) is 11.2. The first kappa shape index (κ1) is 37.7. The number of hydrogen-bond acceptors (Lipinski definition) is 4. The zero-order valence-electron chi connectivity index (χ0n) is 28.7. The molecule has 1 aromatic rings. The molecule has 0 heterocycles. The Kier molecular flexibility index (Phi) is 12.1. The van der Waals surface area contributed by atoms with Gasteiger partial charge in [0.25, 0.3) is 0 Å². The summed E-state index contributed by atoms with van der Waals surface area (Å²) in [5.74, 6) is -0.749. The predicted molar refractivity (Wildman–Crippen MR) is 179 cm³/mol. The van der Waals surface area contributed by atoms with E-state index in [2.05, 4.69) is 38.1 Å². The Morgan fingerprint density at radius 2 is 1.54 bits per heavy atom. The van der Waals surface area contributed by atoms with Crippen LogP contribution in [-0.4, -0.2) is 51.4 Å². The van der Waals surface area contributed by atoms with Crippen molar-refractivity contribution < 1.29 is 40.8 Å². The largest absolute Gasteiger partial charge is 0.494 e. The number of hydrogen-bond donors (Lipinski definition) is 1. The van der Waals surface area contributed by atoms with Crippen LogP contribution in [0.3, 0.4) is 0 Å². The van der Waals surface area contributed by atoms with Crippen molar-refractivity contribution in [1.29, 1.82) is 0 Å². The number of rotatable bonds is 15. The maximum absolute atomic E-state index is 13.0. The quantitative estimate of drug-likeness (QED) is 0.146. The van der Waals surface area contributed by atoms with Crippen LogP contribution in [0.2, 0.25) is 0 Å². The summed E-state index contributed by atoms with van der Waals surface area (Å²) in [6, 6.07) is 8.63. The van der Waals surface area contributed by atoms with Crippen molar-refractivity contribution in [3.05, 3.63) is 29.8 Å². The van der Waals surface area contributed by atoms with Crippen molar-refractivity contribution in [3.63, 3.8) is 0 Å². The van der Waals surface area contributed by atoms with Crippen LogP contribution >= 0.6 is 0 Å². The van der Waals surface area contributed by atoms with E-state index < -0.39 is 35.7 Å². The van der Waals surface area contributed by atoms with Crippen molar-refractivity contribution in [2.45, 2.75) is 141 Å². The average molecular weight is 703 g/mol. The molecule has 9 atom stereocenters. The maximum atomic E-state index is 13.0. The van der Waals surface area contributed by atoms with E-state index in [0.717, 1.165) is 76.4 Å². The van der Waals surface area contributed by atoms with E-state index in [1.165, 1.54) is 12.0 Å². The van der Waals surface area contributed by atoms with Crippen LogP contribution in [-0.2, 0) is 15.6 Å². The molecule has 48 heavy (non-hydrogen) atoms. The molecule has 0 spiro atoms. The van der Waals surface area contributed by atoms with Crippen LogP contribution in [0.1, 0.15) is 128 Å². The van der Waals surface area contributed by atoms with E-state index in [1.807, 2.05) is 0 Å². The minimum Gasteiger partial charge on any atom is -0.494 e. The van der Waals surface area contributed by atoms with Gasteiger partial charge in [-0.2, -0.15) is 22.0 Å². The number of unbranched alkanes of at least 4 members (excludes halogenated alkanes) is 5. The number of fused-ring (bicyclic) bond motifs is 5. The molecule has 1 unspecified atom stereocenters. The monoisotopic (exact) mass is 702 g/mol.